The zero-order chi connectivity index (χ0) is 12.7. The van der Waals surface area contributed by atoms with Crippen molar-refractivity contribution in [3.05, 3.63) is 0 Å². The van der Waals surface area contributed by atoms with Crippen molar-refractivity contribution in [1.29, 1.82) is 0 Å². The molecule has 0 aromatic carbocycles. The molecule has 1 atom stereocenters. The summed E-state index contributed by atoms with van der Waals surface area (Å²) in [5.41, 5.74) is 4.94. The number of nitrogens with one attached hydrogen (secondary N) is 1. The van der Waals surface area contributed by atoms with Gasteiger partial charge in [0.1, 0.15) is 0 Å². The van der Waals surface area contributed by atoms with Crippen LogP contribution in [0.2, 0.25) is 0 Å². The van der Waals surface area contributed by atoms with Gasteiger partial charge in [0.05, 0.1) is 6.04 Å². The maximum absolute atomic E-state index is 11.7. The van der Waals surface area contributed by atoms with Crippen molar-refractivity contribution in [2.24, 2.45) is 11.7 Å². The van der Waals surface area contributed by atoms with Crippen LogP contribution in [0.15, 0.2) is 0 Å². The lowest BCUT2D eigenvalue weighted by atomic mass is 10.0. The van der Waals surface area contributed by atoms with Crippen LogP contribution in [0.3, 0.4) is 0 Å². The largest absolute Gasteiger partial charge is 0.351 e. The van der Waals surface area contributed by atoms with Gasteiger partial charge in [-0.1, -0.05) is 27.7 Å². The lowest BCUT2D eigenvalue weighted by molar-refractivity contribution is -0.715. The Labute approximate surface area is 97.2 Å². The Bertz CT molecular complexity index is 237. The van der Waals surface area contributed by atoms with Crippen LogP contribution in [0, 0.1) is 5.92 Å². The van der Waals surface area contributed by atoms with Crippen molar-refractivity contribution in [2.75, 3.05) is 0 Å². The molecule has 0 aliphatic heterocycles. The second kappa shape index (κ2) is 7.22. The lowest BCUT2D eigenvalue weighted by Gasteiger charge is -2.22. The van der Waals surface area contributed by atoms with Gasteiger partial charge in [0.25, 0.3) is 5.91 Å². The van der Waals surface area contributed by atoms with Crippen molar-refractivity contribution < 1.29 is 14.9 Å². The summed E-state index contributed by atoms with van der Waals surface area (Å²) in [5, 5.41) is 4.18. The molecule has 0 aliphatic carbocycles. The third kappa shape index (κ3) is 5.11. The summed E-state index contributed by atoms with van der Waals surface area (Å²) in [5.74, 6) is -0.130. The number of imide groups is 1. The van der Waals surface area contributed by atoms with Crippen LogP contribution in [0.25, 0.3) is 0 Å². The van der Waals surface area contributed by atoms with E-state index in [1.807, 2.05) is 19.2 Å². The van der Waals surface area contributed by atoms with Gasteiger partial charge >= 0.3 is 6.03 Å². The Morgan fingerprint density at radius 1 is 1.25 bits per heavy atom. The topological polar surface area (TPSA) is 88.8 Å². The van der Waals surface area contributed by atoms with Crippen molar-refractivity contribution in [3.8, 4) is 0 Å². The minimum atomic E-state index is -0.784. The fourth-order valence-electron chi connectivity index (χ4n) is 1.67. The first-order chi connectivity index (χ1) is 7.42. The number of hydrogen-bond donors (Lipinski definition) is 3. The van der Waals surface area contributed by atoms with E-state index in [0.717, 1.165) is 12.8 Å². The van der Waals surface area contributed by atoms with Gasteiger partial charge in [0.15, 0.2) is 6.04 Å². The Kier molecular flexibility index (Phi) is 6.72. The highest BCUT2D eigenvalue weighted by atomic mass is 16.2. The SMILES string of the molecule is CCC(CC)[NH2+][C@@H](C(=O)NC(N)=O)C(C)C. The molecule has 0 saturated heterocycles. The number of rotatable bonds is 6. The number of urea groups is 1. The molecule has 5 nitrogen and oxygen atoms in total. The van der Waals surface area contributed by atoms with E-state index in [1.165, 1.54) is 0 Å². The second-order valence-electron chi connectivity index (χ2n) is 4.39. The fourth-order valence-corrected chi connectivity index (χ4v) is 1.67. The first-order valence-electron chi connectivity index (χ1n) is 5.87. The number of carbonyl (C=O) groups excluding carboxylic acids is 2. The Balaban J connectivity index is 4.48. The van der Waals surface area contributed by atoms with E-state index in [0.29, 0.717) is 6.04 Å². The van der Waals surface area contributed by atoms with Crippen molar-refractivity contribution in [2.45, 2.75) is 52.6 Å². The fraction of sp³-hybridized carbons (Fsp3) is 0.818. The van der Waals surface area contributed by atoms with Gasteiger partial charge in [-0.3, -0.25) is 10.1 Å². The number of nitrogens with two attached hydrogens (primary N) is 2. The second-order valence-corrected chi connectivity index (χ2v) is 4.39. The summed E-state index contributed by atoms with van der Waals surface area (Å²) < 4.78 is 0. The van der Waals surface area contributed by atoms with Gasteiger partial charge in [0.2, 0.25) is 0 Å². The molecule has 0 fully saturated rings. The molecule has 5 N–H and O–H groups in total. The van der Waals surface area contributed by atoms with E-state index < -0.39 is 6.03 Å². The molecular weight excluding hydrogens is 206 g/mol. The number of primary amides is 1. The molecule has 0 saturated carbocycles. The van der Waals surface area contributed by atoms with Gasteiger partial charge in [0, 0.05) is 5.92 Å². The minimum absolute atomic E-state index is 0.167. The van der Waals surface area contributed by atoms with Gasteiger partial charge in [-0.25, -0.2) is 4.79 Å². The molecule has 0 aromatic heterocycles. The van der Waals surface area contributed by atoms with Crippen molar-refractivity contribution >= 4 is 11.9 Å². The van der Waals surface area contributed by atoms with E-state index in [-0.39, 0.29) is 17.9 Å². The molecule has 3 amide bonds. The predicted molar refractivity (Wildman–Crippen MR) is 62.6 cm³/mol. The number of amides is 3. The van der Waals surface area contributed by atoms with Crippen LogP contribution in [0.5, 0.6) is 0 Å². The van der Waals surface area contributed by atoms with Gasteiger partial charge in [-0.15, -0.1) is 0 Å². The smallest absolute Gasteiger partial charge is 0.319 e. The number of quaternary nitrogens is 1. The molecule has 0 heterocycles. The zero-order valence-corrected chi connectivity index (χ0v) is 10.6. The third-order valence-corrected chi connectivity index (χ3v) is 2.80. The average Bonchev–Trinajstić information content (AvgIpc) is 2.17. The van der Waals surface area contributed by atoms with Crippen molar-refractivity contribution in [1.82, 2.24) is 5.32 Å². The lowest BCUT2D eigenvalue weighted by Crippen LogP contribution is -2.98. The van der Waals surface area contributed by atoms with E-state index >= 15 is 0 Å². The van der Waals surface area contributed by atoms with Gasteiger partial charge in [-0.05, 0) is 12.8 Å². The molecule has 94 valence electrons. The molecule has 0 rings (SSSR count). The Morgan fingerprint density at radius 2 is 1.75 bits per heavy atom. The summed E-state index contributed by atoms with van der Waals surface area (Å²) in [6.45, 7) is 8.11. The maximum Gasteiger partial charge on any atom is 0.319 e. The summed E-state index contributed by atoms with van der Waals surface area (Å²) in [6.07, 6.45) is 2.01. The molecule has 0 aromatic rings. The predicted octanol–water partition coefficient (Wildman–Crippen LogP) is -0.0421. The van der Waals surface area contributed by atoms with Crippen LogP contribution >= 0.6 is 0 Å². The molecule has 0 spiro atoms. The summed E-state index contributed by atoms with van der Waals surface area (Å²) in [6, 6.07) is -0.628. The quantitative estimate of drug-likeness (QED) is 0.597. The van der Waals surface area contributed by atoms with Crippen LogP contribution in [0.1, 0.15) is 40.5 Å². The monoisotopic (exact) mass is 230 g/mol. The molecular formula is C11H24N3O2+. The molecule has 0 unspecified atom stereocenters. The Morgan fingerprint density at radius 3 is 2.06 bits per heavy atom. The first kappa shape index (κ1) is 14.9. The summed E-state index contributed by atoms with van der Waals surface area (Å²) >= 11 is 0. The number of hydrogen-bond acceptors (Lipinski definition) is 2. The zero-order valence-electron chi connectivity index (χ0n) is 10.6. The Hall–Kier alpha value is -1.10. The normalized spacial score (nSPS) is 12.9. The molecule has 0 radical (unpaired) electrons. The van der Waals surface area contributed by atoms with Crippen LogP contribution in [0.4, 0.5) is 4.79 Å². The maximum atomic E-state index is 11.7. The molecule has 0 bridgehead atoms. The van der Waals surface area contributed by atoms with Crippen LogP contribution in [-0.2, 0) is 4.79 Å². The van der Waals surface area contributed by atoms with E-state index in [4.69, 9.17) is 5.73 Å². The first-order valence-corrected chi connectivity index (χ1v) is 5.87. The molecule has 16 heavy (non-hydrogen) atoms. The summed E-state index contributed by atoms with van der Waals surface area (Å²) in [7, 11) is 0. The summed E-state index contributed by atoms with van der Waals surface area (Å²) in [4.78, 5) is 22.4. The highest BCUT2D eigenvalue weighted by molar-refractivity contribution is 5.95. The highest BCUT2D eigenvalue weighted by Crippen LogP contribution is 1.99. The molecule has 0 aliphatic rings. The van der Waals surface area contributed by atoms with Gasteiger partial charge < -0.3 is 11.1 Å². The molecule has 5 heteroatoms. The minimum Gasteiger partial charge on any atom is -0.351 e. The standard InChI is InChI=1S/C11H23N3O2/c1-5-8(6-2)13-9(7(3)4)10(15)14-11(12)16/h7-9,13H,5-6H2,1-4H3,(H3,12,14,15,16)/p+1/t9-/m1/s1. The van der Waals surface area contributed by atoms with Crippen molar-refractivity contribution in [3.63, 3.8) is 0 Å². The third-order valence-electron chi connectivity index (χ3n) is 2.80. The van der Waals surface area contributed by atoms with E-state index in [1.54, 1.807) is 0 Å². The highest BCUT2D eigenvalue weighted by Gasteiger charge is 2.28. The van der Waals surface area contributed by atoms with E-state index in [2.05, 4.69) is 19.2 Å². The van der Waals surface area contributed by atoms with Crippen LogP contribution < -0.4 is 16.4 Å². The van der Waals surface area contributed by atoms with Gasteiger partial charge in [-0.2, -0.15) is 0 Å². The number of carbonyl (C=O) groups is 2. The average molecular weight is 230 g/mol. The van der Waals surface area contributed by atoms with Crippen LogP contribution in [-0.4, -0.2) is 24.0 Å². The van der Waals surface area contributed by atoms with E-state index in [9.17, 15) is 9.59 Å².